The van der Waals surface area contributed by atoms with Crippen LogP contribution in [0.25, 0.3) is 0 Å². The van der Waals surface area contributed by atoms with Crippen molar-refractivity contribution in [1.29, 1.82) is 0 Å². The van der Waals surface area contributed by atoms with Gasteiger partial charge >= 0.3 is 11.9 Å². The van der Waals surface area contributed by atoms with Crippen LogP contribution in [0.5, 0.6) is 0 Å². The number of ether oxygens (including phenoxy) is 2. The third-order valence-electron chi connectivity index (χ3n) is 4.27. The first-order chi connectivity index (χ1) is 13.8. The molecule has 166 valence electrons. The van der Waals surface area contributed by atoms with E-state index >= 15 is 0 Å². The molecule has 0 aliphatic rings. The van der Waals surface area contributed by atoms with E-state index in [1.54, 1.807) is 26.8 Å². The van der Waals surface area contributed by atoms with Crippen LogP contribution in [0.1, 0.15) is 59.9 Å². The number of hydrogen-bond donors (Lipinski definition) is 1. The molecule has 6 nitrogen and oxygen atoms in total. The van der Waals surface area contributed by atoms with Crippen LogP contribution in [0, 0.1) is 11.3 Å². The molecule has 0 aromatic heterocycles. The summed E-state index contributed by atoms with van der Waals surface area (Å²) in [6, 6.07) is 8.47. The third kappa shape index (κ3) is 9.25. The van der Waals surface area contributed by atoms with Gasteiger partial charge in [-0.25, -0.2) is 4.79 Å². The summed E-state index contributed by atoms with van der Waals surface area (Å²) in [6.45, 7) is 14.6. The summed E-state index contributed by atoms with van der Waals surface area (Å²) in [4.78, 5) is 37.8. The number of carbonyl (C=O) groups excluding carboxylic acids is 3. The molecule has 1 N–H and O–H groups in total. The third-order valence-corrected chi connectivity index (χ3v) is 4.27. The number of rotatable bonds is 9. The van der Waals surface area contributed by atoms with E-state index in [0.717, 1.165) is 5.56 Å². The lowest BCUT2D eigenvalue weighted by atomic mass is 9.86. The maximum Gasteiger partial charge on any atom is 0.329 e. The normalized spacial score (nSPS) is 13.7. The van der Waals surface area contributed by atoms with Crippen molar-refractivity contribution in [2.24, 2.45) is 11.3 Å². The highest BCUT2D eigenvalue weighted by Gasteiger charge is 2.36. The molecule has 1 aromatic rings. The standard InChI is InChI=1S/C24H35NO5/c1-8-12-18(15-19(26)30-24(5,6)7)21(27)25-20(23(2,3)4)22(28)29-16-17-13-10-9-11-14-17/h8-11,13-14,18,20H,1,12,15-16H2,2-7H3,(H,25,27)/t18-,20-/m1/s1. The Morgan fingerprint density at radius 2 is 1.67 bits per heavy atom. The quantitative estimate of drug-likeness (QED) is 0.481. The molecule has 0 fully saturated rings. The van der Waals surface area contributed by atoms with Crippen molar-refractivity contribution in [2.75, 3.05) is 0 Å². The number of amides is 1. The second-order valence-corrected chi connectivity index (χ2v) is 9.41. The van der Waals surface area contributed by atoms with Gasteiger partial charge in [0.25, 0.3) is 0 Å². The molecule has 0 aliphatic carbocycles. The van der Waals surface area contributed by atoms with Gasteiger partial charge in [-0.15, -0.1) is 6.58 Å². The number of allylic oxidation sites excluding steroid dienone is 1. The smallest absolute Gasteiger partial charge is 0.329 e. The minimum absolute atomic E-state index is 0.0922. The predicted molar refractivity (Wildman–Crippen MR) is 116 cm³/mol. The van der Waals surface area contributed by atoms with Crippen molar-refractivity contribution in [3.8, 4) is 0 Å². The highest BCUT2D eigenvalue weighted by atomic mass is 16.6. The van der Waals surface area contributed by atoms with Gasteiger partial charge in [-0.3, -0.25) is 9.59 Å². The van der Waals surface area contributed by atoms with Gasteiger partial charge in [0.15, 0.2) is 0 Å². The number of benzene rings is 1. The molecular weight excluding hydrogens is 382 g/mol. The van der Waals surface area contributed by atoms with Crippen LogP contribution in [-0.4, -0.2) is 29.5 Å². The second-order valence-electron chi connectivity index (χ2n) is 9.41. The minimum Gasteiger partial charge on any atom is -0.460 e. The van der Waals surface area contributed by atoms with Gasteiger partial charge < -0.3 is 14.8 Å². The van der Waals surface area contributed by atoms with Gasteiger partial charge in [-0.1, -0.05) is 57.2 Å². The van der Waals surface area contributed by atoms with E-state index in [1.807, 2.05) is 51.1 Å². The highest BCUT2D eigenvalue weighted by molar-refractivity contribution is 5.88. The number of hydrogen-bond acceptors (Lipinski definition) is 5. The summed E-state index contributed by atoms with van der Waals surface area (Å²) in [5.74, 6) is -2.07. The lowest BCUT2D eigenvalue weighted by Gasteiger charge is -2.31. The fourth-order valence-corrected chi connectivity index (χ4v) is 2.77. The zero-order valence-corrected chi connectivity index (χ0v) is 19.0. The molecule has 0 saturated carbocycles. The van der Waals surface area contributed by atoms with E-state index in [9.17, 15) is 14.4 Å². The van der Waals surface area contributed by atoms with E-state index in [2.05, 4.69) is 11.9 Å². The summed E-state index contributed by atoms with van der Waals surface area (Å²) >= 11 is 0. The largest absolute Gasteiger partial charge is 0.460 e. The van der Waals surface area contributed by atoms with Crippen molar-refractivity contribution < 1.29 is 23.9 Å². The molecule has 1 rings (SSSR count). The topological polar surface area (TPSA) is 81.7 Å². The van der Waals surface area contributed by atoms with Crippen molar-refractivity contribution >= 4 is 17.8 Å². The molecule has 1 amide bonds. The Balaban J connectivity index is 2.85. The molecule has 0 unspecified atom stereocenters. The Morgan fingerprint density at radius 1 is 1.07 bits per heavy atom. The number of carbonyl (C=O) groups is 3. The van der Waals surface area contributed by atoms with Crippen LogP contribution >= 0.6 is 0 Å². The lowest BCUT2D eigenvalue weighted by Crippen LogP contribution is -2.51. The molecule has 0 bridgehead atoms. The summed E-state index contributed by atoms with van der Waals surface area (Å²) in [5.41, 5.74) is -0.352. The minimum atomic E-state index is -0.861. The highest BCUT2D eigenvalue weighted by Crippen LogP contribution is 2.23. The molecule has 1 aromatic carbocycles. The van der Waals surface area contributed by atoms with Gasteiger partial charge in [0, 0.05) is 0 Å². The number of esters is 2. The Hall–Kier alpha value is -2.63. The fourth-order valence-electron chi connectivity index (χ4n) is 2.77. The summed E-state index contributed by atoms with van der Waals surface area (Å²) in [5, 5.41) is 2.78. The maximum absolute atomic E-state index is 12.9. The molecule has 0 heterocycles. The van der Waals surface area contributed by atoms with Gasteiger partial charge in [0.2, 0.25) is 5.91 Å². The molecule has 0 saturated heterocycles. The molecule has 30 heavy (non-hydrogen) atoms. The first-order valence-corrected chi connectivity index (χ1v) is 10.2. The Morgan fingerprint density at radius 3 is 2.17 bits per heavy atom. The first-order valence-electron chi connectivity index (χ1n) is 10.2. The van der Waals surface area contributed by atoms with Crippen molar-refractivity contribution in [1.82, 2.24) is 5.32 Å². The second kappa shape index (κ2) is 11.0. The van der Waals surface area contributed by atoms with Crippen molar-refractivity contribution in [2.45, 2.75) is 72.6 Å². The van der Waals surface area contributed by atoms with Crippen LogP contribution in [0.2, 0.25) is 0 Å². The molecule has 6 heteroatoms. The molecular formula is C24H35NO5. The van der Waals surface area contributed by atoms with Gasteiger partial charge in [-0.2, -0.15) is 0 Å². The fraction of sp³-hybridized carbons (Fsp3) is 0.542. The summed E-state index contributed by atoms with van der Waals surface area (Å²) < 4.78 is 10.8. The Kier molecular flexibility index (Phi) is 9.27. The Labute approximate surface area is 180 Å². The van der Waals surface area contributed by atoms with Crippen molar-refractivity contribution in [3.05, 3.63) is 48.6 Å². The van der Waals surface area contributed by atoms with Crippen LogP contribution in [0.3, 0.4) is 0 Å². The number of nitrogens with one attached hydrogen (secondary N) is 1. The van der Waals surface area contributed by atoms with Gasteiger partial charge in [-0.05, 0) is 38.2 Å². The van der Waals surface area contributed by atoms with E-state index in [4.69, 9.17) is 9.47 Å². The van der Waals surface area contributed by atoms with Crippen LogP contribution < -0.4 is 5.32 Å². The van der Waals surface area contributed by atoms with Gasteiger partial charge in [0.1, 0.15) is 18.2 Å². The summed E-state index contributed by atoms with van der Waals surface area (Å²) in [6.07, 6.45) is 1.78. The lowest BCUT2D eigenvalue weighted by molar-refractivity contribution is -0.157. The summed E-state index contributed by atoms with van der Waals surface area (Å²) in [7, 11) is 0. The van der Waals surface area contributed by atoms with E-state index in [-0.39, 0.29) is 13.0 Å². The van der Waals surface area contributed by atoms with E-state index < -0.39 is 40.8 Å². The first kappa shape index (κ1) is 25.4. The Bertz CT molecular complexity index is 728. The van der Waals surface area contributed by atoms with E-state index in [0.29, 0.717) is 6.42 Å². The average Bonchev–Trinajstić information content (AvgIpc) is 2.62. The van der Waals surface area contributed by atoms with Crippen LogP contribution in [0.4, 0.5) is 0 Å². The van der Waals surface area contributed by atoms with Crippen LogP contribution in [-0.2, 0) is 30.5 Å². The molecule has 2 atom stereocenters. The molecule has 0 aliphatic heterocycles. The maximum atomic E-state index is 12.9. The average molecular weight is 418 g/mol. The SMILES string of the molecule is C=CC[C@H](CC(=O)OC(C)(C)C)C(=O)N[C@H](C(=O)OCc1ccccc1)C(C)(C)C. The van der Waals surface area contributed by atoms with Gasteiger partial charge in [0.05, 0.1) is 12.3 Å². The molecule has 0 radical (unpaired) electrons. The van der Waals surface area contributed by atoms with E-state index in [1.165, 1.54) is 0 Å². The molecule has 0 spiro atoms. The van der Waals surface area contributed by atoms with Crippen LogP contribution in [0.15, 0.2) is 43.0 Å². The zero-order chi connectivity index (χ0) is 22.9. The van der Waals surface area contributed by atoms with Crippen molar-refractivity contribution in [3.63, 3.8) is 0 Å². The zero-order valence-electron chi connectivity index (χ0n) is 19.0. The predicted octanol–water partition coefficient (Wildman–Crippen LogP) is 4.18. The monoisotopic (exact) mass is 417 g/mol.